The van der Waals surface area contributed by atoms with Crippen molar-refractivity contribution >= 4 is 17.7 Å². The number of hydrogen-bond donors (Lipinski definition) is 2. The summed E-state index contributed by atoms with van der Waals surface area (Å²) >= 11 is 1.41. The summed E-state index contributed by atoms with van der Waals surface area (Å²) in [5.74, 6) is 0.399. The summed E-state index contributed by atoms with van der Waals surface area (Å²) in [6, 6.07) is 9.07. The highest BCUT2D eigenvalue weighted by Crippen LogP contribution is 2.27. The van der Waals surface area contributed by atoms with Gasteiger partial charge in [0.25, 0.3) is 0 Å². The van der Waals surface area contributed by atoms with E-state index >= 15 is 0 Å². The number of amides is 1. The van der Waals surface area contributed by atoms with Gasteiger partial charge in [-0.3, -0.25) is 4.79 Å². The fourth-order valence-electron chi connectivity index (χ4n) is 2.59. The van der Waals surface area contributed by atoms with Crippen molar-refractivity contribution in [2.45, 2.75) is 49.0 Å². The highest BCUT2D eigenvalue weighted by molar-refractivity contribution is 8.00. The fraction of sp³-hybridized carbons (Fsp3) is 0.500. The van der Waals surface area contributed by atoms with Gasteiger partial charge >= 0.3 is 0 Å². The topological polar surface area (TPSA) is 73.1 Å². The van der Waals surface area contributed by atoms with Gasteiger partial charge in [-0.2, -0.15) is 5.26 Å². The molecular weight excluding hydrogens is 284 g/mol. The lowest BCUT2D eigenvalue weighted by Gasteiger charge is -2.26. The van der Waals surface area contributed by atoms with Crippen LogP contribution in [0.15, 0.2) is 29.2 Å². The molecule has 0 atom stereocenters. The lowest BCUT2D eigenvalue weighted by atomic mass is 9.92. The molecule has 0 saturated heterocycles. The molecule has 4 nitrogen and oxygen atoms in total. The molecule has 2 N–H and O–H groups in total. The Morgan fingerprint density at radius 3 is 2.43 bits per heavy atom. The number of carbonyl (C=O) groups is 1. The molecule has 1 aromatic rings. The van der Waals surface area contributed by atoms with Crippen LogP contribution in [0.2, 0.25) is 0 Å². The second kappa shape index (κ2) is 7.37. The molecule has 1 saturated carbocycles. The van der Waals surface area contributed by atoms with E-state index in [0.717, 1.165) is 43.4 Å². The van der Waals surface area contributed by atoms with Crippen LogP contribution < -0.4 is 5.32 Å². The van der Waals surface area contributed by atoms with Crippen LogP contribution in [0.1, 0.15) is 38.5 Å². The highest BCUT2D eigenvalue weighted by atomic mass is 32.2. The monoisotopic (exact) mass is 304 g/mol. The van der Waals surface area contributed by atoms with Crippen LogP contribution in [-0.4, -0.2) is 22.3 Å². The van der Waals surface area contributed by atoms with Gasteiger partial charge < -0.3 is 10.4 Å². The van der Waals surface area contributed by atoms with E-state index in [1.54, 1.807) is 24.3 Å². The number of thioether (sulfide) groups is 1. The Kier molecular flexibility index (Phi) is 5.51. The first-order chi connectivity index (χ1) is 10.1. The van der Waals surface area contributed by atoms with Gasteiger partial charge in [0.1, 0.15) is 11.3 Å². The summed E-state index contributed by atoms with van der Waals surface area (Å²) in [4.78, 5) is 13.0. The predicted octanol–water partition coefficient (Wildman–Crippen LogP) is 3.22. The van der Waals surface area contributed by atoms with Gasteiger partial charge in [-0.15, -0.1) is 11.8 Å². The third-order valence-electron chi connectivity index (χ3n) is 3.76. The summed E-state index contributed by atoms with van der Waals surface area (Å²) in [6.45, 7) is 0. The number of nitrogens with one attached hydrogen (secondary N) is 1. The number of nitrogens with zero attached hydrogens (tertiary/aromatic N) is 1. The summed E-state index contributed by atoms with van der Waals surface area (Å²) in [6.07, 6.45) is 5.78. The minimum atomic E-state index is -0.677. The Balaban J connectivity index is 1.88. The summed E-state index contributed by atoms with van der Waals surface area (Å²) in [5, 5.41) is 21.6. The Labute approximate surface area is 129 Å². The molecule has 0 aliphatic heterocycles. The van der Waals surface area contributed by atoms with E-state index in [1.807, 2.05) is 0 Å². The zero-order valence-electron chi connectivity index (χ0n) is 12.0. The Morgan fingerprint density at radius 2 is 1.86 bits per heavy atom. The van der Waals surface area contributed by atoms with Crippen LogP contribution in [-0.2, 0) is 4.79 Å². The van der Waals surface area contributed by atoms with Crippen LogP contribution in [0, 0.1) is 11.3 Å². The number of benzene rings is 1. The van der Waals surface area contributed by atoms with Crippen molar-refractivity contribution in [1.29, 1.82) is 5.26 Å². The van der Waals surface area contributed by atoms with E-state index in [2.05, 4.69) is 11.4 Å². The zero-order valence-corrected chi connectivity index (χ0v) is 12.8. The second-order valence-electron chi connectivity index (χ2n) is 5.44. The highest BCUT2D eigenvalue weighted by Gasteiger charge is 2.32. The van der Waals surface area contributed by atoms with E-state index in [4.69, 9.17) is 0 Å². The molecule has 0 aromatic heterocycles. The first-order valence-corrected chi connectivity index (χ1v) is 8.26. The maximum absolute atomic E-state index is 12.1. The average molecular weight is 304 g/mol. The molecule has 0 bridgehead atoms. The van der Waals surface area contributed by atoms with Crippen molar-refractivity contribution in [3.05, 3.63) is 24.3 Å². The molecule has 0 unspecified atom stereocenters. The van der Waals surface area contributed by atoms with Gasteiger partial charge in [0.15, 0.2) is 0 Å². The lowest BCUT2D eigenvalue weighted by molar-refractivity contribution is -0.120. The van der Waals surface area contributed by atoms with Crippen LogP contribution >= 0.6 is 11.8 Å². The van der Waals surface area contributed by atoms with Gasteiger partial charge in [0.2, 0.25) is 5.91 Å². The van der Waals surface area contributed by atoms with Crippen molar-refractivity contribution in [3.63, 3.8) is 0 Å². The van der Waals surface area contributed by atoms with Crippen LogP contribution in [0.25, 0.3) is 0 Å². The molecule has 5 heteroatoms. The summed E-state index contributed by atoms with van der Waals surface area (Å²) < 4.78 is 0. The van der Waals surface area contributed by atoms with E-state index in [1.165, 1.54) is 11.8 Å². The Hall–Kier alpha value is -1.67. The number of aromatic hydroxyl groups is 1. The molecular formula is C16H20N2O2S. The number of phenolic OH excluding ortho intramolecular Hbond substituents is 1. The van der Waals surface area contributed by atoms with Crippen molar-refractivity contribution < 1.29 is 9.90 Å². The van der Waals surface area contributed by atoms with E-state index in [9.17, 15) is 15.2 Å². The molecule has 1 amide bonds. The van der Waals surface area contributed by atoms with Crippen LogP contribution in [0.4, 0.5) is 0 Å². The molecule has 1 aliphatic rings. The molecule has 1 aromatic carbocycles. The molecule has 21 heavy (non-hydrogen) atoms. The minimum Gasteiger partial charge on any atom is -0.508 e. The molecule has 1 fully saturated rings. The van der Waals surface area contributed by atoms with Crippen LogP contribution in [0.3, 0.4) is 0 Å². The standard InChI is InChI=1S/C16H20N2O2S/c17-12-16(9-3-1-2-4-10-16)18-15(20)11-21-14-7-5-13(19)6-8-14/h5-8,19H,1-4,9-11H2,(H,18,20). The number of nitriles is 1. The first-order valence-electron chi connectivity index (χ1n) is 7.28. The predicted molar refractivity (Wildman–Crippen MR) is 83.0 cm³/mol. The van der Waals surface area contributed by atoms with Gasteiger partial charge in [-0.25, -0.2) is 0 Å². The van der Waals surface area contributed by atoms with Crippen molar-refractivity contribution in [2.75, 3.05) is 5.75 Å². The second-order valence-corrected chi connectivity index (χ2v) is 6.49. The molecule has 0 heterocycles. The maximum Gasteiger partial charge on any atom is 0.231 e. The van der Waals surface area contributed by atoms with E-state index in [-0.39, 0.29) is 17.4 Å². The Morgan fingerprint density at radius 1 is 1.24 bits per heavy atom. The number of hydrogen-bond acceptors (Lipinski definition) is 4. The van der Waals surface area contributed by atoms with Gasteiger partial charge in [-0.05, 0) is 37.1 Å². The largest absolute Gasteiger partial charge is 0.508 e. The molecule has 2 rings (SSSR count). The van der Waals surface area contributed by atoms with Gasteiger partial charge in [-0.1, -0.05) is 25.7 Å². The Bertz CT molecular complexity index is 514. The normalized spacial score (nSPS) is 17.5. The molecule has 0 radical (unpaired) electrons. The van der Waals surface area contributed by atoms with Crippen molar-refractivity contribution in [3.8, 4) is 11.8 Å². The van der Waals surface area contributed by atoms with Crippen molar-refractivity contribution in [1.82, 2.24) is 5.32 Å². The summed E-state index contributed by atoms with van der Waals surface area (Å²) in [7, 11) is 0. The number of rotatable bonds is 4. The quantitative estimate of drug-likeness (QED) is 0.661. The number of carbonyl (C=O) groups excluding carboxylic acids is 1. The third kappa shape index (κ3) is 4.68. The smallest absolute Gasteiger partial charge is 0.231 e. The lowest BCUT2D eigenvalue weighted by Crippen LogP contribution is -2.47. The molecule has 112 valence electrons. The van der Waals surface area contributed by atoms with Crippen molar-refractivity contribution in [2.24, 2.45) is 0 Å². The SMILES string of the molecule is N#CC1(NC(=O)CSc2ccc(O)cc2)CCCCCC1. The first kappa shape index (κ1) is 15.7. The van der Waals surface area contributed by atoms with Gasteiger partial charge in [0.05, 0.1) is 11.8 Å². The fourth-order valence-corrected chi connectivity index (χ4v) is 3.29. The van der Waals surface area contributed by atoms with Gasteiger partial charge in [0, 0.05) is 4.90 Å². The summed E-state index contributed by atoms with van der Waals surface area (Å²) in [5.41, 5.74) is -0.677. The van der Waals surface area contributed by atoms with E-state index in [0.29, 0.717) is 0 Å². The van der Waals surface area contributed by atoms with Crippen LogP contribution in [0.5, 0.6) is 5.75 Å². The minimum absolute atomic E-state index is 0.100. The third-order valence-corrected chi connectivity index (χ3v) is 4.77. The average Bonchev–Trinajstić information content (AvgIpc) is 2.73. The molecule has 0 spiro atoms. The zero-order chi connectivity index (χ0) is 15.1. The molecule has 1 aliphatic carbocycles. The maximum atomic E-state index is 12.1. The van der Waals surface area contributed by atoms with E-state index < -0.39 is 5.54 Å². The number of phenols is 1.